The van der Waals surface area contributed by atoms with E-state index >= 15 is 0 Å². The minimum Gasteiger partial charge on any atom is -0.481 e. The zero-order chi connectivity index (χ0) is 13.0. The van der Waals surface area contributed by atoms with Gasteiger partial charge in [0.15, 0.2) is 0 Å². The number of nitrogens with zero attached hydrogens (tertiary/aromatic N) is 1. The van der Waals surface area contributed by atoms with Crippen molar-refractivity contribution in [3.63, 3.8) is 0 Å². The third-order valence-corrected chi connectivity index (χ3v) is 3.71. The van der Waals surface area contributed by atoms with E-state index in [4.69, 9.17) is 0 Å². The maximum atomic E-state index is 11.4. The molecule has 1 aliphatic rings. The molecule has 0 aliphatic heterocycles. The average Bonchev–Trinajstić information content (AvgIpc) is 2.25. The Balaban J connectivity index is 2.78. The van der Waals surface area contributed by atoms with Gasteiger partial charge < -0.3 is 5.11 Å². The fourth-order valence-electron chi connectivity index (χ4n) is 2.95. The molecule has 0 spiro atoms. The van der Waals surface area contributed by atoms with Crippen molar-refractivity contribution in [2.24, 2.45) is 11.8 Å². The molecule has 0 amide bonds. The van der Waals surface area contributed by atoms with E-state index in [-0.39, 0.29) is 12.0 Å². The minimum atomic E-state index is -0.607. The molecule has 0 saturated heterocycles. The van der Waals surface area contributed by atoms with Gasteiger partial charge in [-0.1, -0.05) is 26.7 Å². The van der Waals surface area contributed by atoms with Crippen molar-refractivity contribution in [3.05, 3.63) is 0 Å². The largest absolute Gasteiger partial charge is 0.481 e. The summed E-state index contributed by atoms with van der Waals surface area (Å²) in [6.45, 7) is 9.76. The molecule has 1 N–H and O–H groups in total. The fraction of sp³-hybridized carbons (Fsp3) is 0.929. The van der Waals surface area contributed by atoms with Crippen molar-refractivity contribution in [1.82, 2.24) is 4.90 Å². The third kappa shape index (κ3) is 3.98. The summed E-state index contributed by atoms with van der Waals surface area (Å²) >= 11 is 0. The molecule has 1 saturated carbocycles. The van der Waals surface area contributed by atoms with Crippen molar-refractivity contribution in [1.29, 1.82) is 0 Å². The van der Waals surface area contributed by atoms with Crippen LogP contribution in [-0.4, -0.2) is 34.6 Å². The number of carboxylic acid groups (broad SMARTS) is 1. The summed E-state index contributed by atoms with van der Waals surface area (Å²) in [7, 11) is 0. The van der Waals surface area contributed by atoms with Gasteiger partial charge in [0.05, 0.1) is 5.92 Å². The maximum Gasteiger partial charge on any atom is 0.308 e. The van der Waals surface area contributed by atoms with Gasteiger partial charge in [0.1, 0.15) is 0 Å². The molecular weight excluding hydrogens is 214 g/mol. The van der Waals surface area contributed by atoms with E-state index in [0.717, 1.165) is 25.8 Å². The molecule has 0 radical (unpaired) electrons. The van der Waals surface area contributed by atoms with Gasteiger partial charge in [0.2, 0.25) is 0 Å². The quantitative estimate of drug-likeness (QED) is 0.804. The SMILES string of the molecule is CC(C)CN(C(C)C)C1CCCCC1C(=O)O. The lowest BCUT2D eigenvalue weighted by molar-refractivity contribution is -0.146. The van der Waals surface area contributed by atoms with Crippen LogP contribution >= 0.6 is 0 Å². The van der Waals surface area contributed by atoms with Gasteiger partial charge in [0, 0.05) is 18.6 Å². The zero-order valence-electron chi connectivity index (χ0n) is 11.6. The Kier molecular flexibility index (Phi) is 5.44. The highest BCUT2D eigenvalue weighted by Gasteiger charge is 2.35. The first kappa shape index (κ1) is 14.5. The molecule has 0 aromatic carbocycles. The first-order valence-electron chi connectivity index (χ1n) is 6.92. The van der Waals surface area contributed by atoms with Crippen LogP contribution in [0, 0.1) is 11.8 Å². The second kappa shape index (κ2) is 6.39. The standard InChI is InChI=1S/C14H27NO2/c1-10(2)9-15(11(3)4)13-8-6-5-7-12(13)14(16)17/h10-13H,5-9H2,1-4H3,(H,16,17). The van der Waals surface area contributed by atoms with Gasteiger partial charge >= 0.3 is 5.97 Å². The van der Waals surface area contributed by atoms with Crippen LogP contribution in [0.1, 0.15) is 53.4 Å². The molecule has 2 atom stereocenters. The molecular formula is C14H27NO2. The van der Waals surface area contributed by atoms with Crippen LogP contribution in [0.3, 0.4) is 0 Å². The molecule has 2 unspecified atom stereocenters. The van der Waals surface area contributed by atoms with E-state index in [9.17, 15) is 9.90 Å². The first-order chi connectivity index (χ1) is 7.93. The normalized spacial score (nSPS) is 25.8. The summed E-state index contributed by atoms with van der Waals surface area (Å²) in [6.07, 6.45) is 4.14. The number of aliphatic carboxylic acids is 1. The lowest BCUT2D eigenvalue weighted by atomic mass is 9.82. The summed E-state index contributed by atoms with van der Waals surface area (Å²) in [5.41, 5.74) is 0. The highest BCUT2D eigenvalue weighted by atomic mass is 16.4. The Hall–Kier alpha value is -0.570. The van der Waals surface area contributed by atoms with Gasteiger partial charge in [-0.15, -0.1) is 0 Å². The van der Waals surface area contributed by atoms with Gasteiger partial charge in [0.25, 0.3) is 0 Å². The van der Waals surface area contributed by atoms with Crippen molar-refractivity contribution in [2.75, 3.05) is 6.54 Å². The minimum absolute atomic E-state index is 0.162. The average molecular weight is 241 g/mol. The van der Waals surface area contributed by atoms with Crippen LogP contribution in [-0.2, 0) is 4.79 Å². The monoisotopic (exact) mass is 241 g/mol. The number of hydrogen-bond donors (Lipinski definition) is 1. The number of rotatable bonds is 5. The molecule has 0 heterocycles. The predicted molar refractivity (Wildman–Crippen MR) is 70.1 cm³/mol. The zero-order valence-corrected chi connectivity index (χ0v) is 11.6. The molecule has 100 valence electrons. The number of carbonyl (C=O) groups is 1. The lowest BCUT2D eigenvalue weighted by Crippen LogP contribution is -2.49. The molecule has 0 aromatic rings. The van der Waals surface area contributed by atoms with Crippen molar-refractivity contribution < 1.29 is 9.90 Å². The van der Waals surface area contributed by atoms with Crippen LogP contribution < -0.4 is 0 Å². The van der Waals surface area contributed by atoms with Gasteiger partial charge in [-0.2, -0.15) is 0 Å². The van der Waals surface area contributed by atoms with E-state index in [1.807, 2.05) is 0 Å². The molecule has 1 fully saturated rings. The molecule has 17 heavy (non-hydrogen) atoms. The smallest absolute Gasteiger partial charge is 0.308 e. The molecule has 1 aliphatic carbocycles. The molecule has 3 heteroatoms. The summed E-state index contributed by atoms with van der Waals surface area (Å²) in [5.74, 6) is -0.178. The summed E-state index contributed by atoms with van der Waals surface area (Å²) in [4.78, 5) is 13.8. The van der Waals surface area contributed by atoms with Crippen LogP contribution in [0.2, 0.25) is 0 Å². The Bertz CT molecular complexity index is 251. The van der Waals surface area contributed by atoms with E-state index in [2.05, 4.69) is 32.6 Å². The topological polar surface area (TPSA) is 40.5 Å². The van der Waals surface area contributed by atoms with Gasteiger partial charge in [-0.3, -0.25) is 9.69 Å². The van der Waals surface area contributed by atoms with Crippen LogP contribution in [0.25, 0.3) is 0 Å². The third-order valence-electron chi connectivity index (χ3n) is 3.71. The molecule has 0 bridgehead atoms. The summed E-state index contributed by atoms with van der Waals surface area (Å²) < 4.78 is 0. The Morgan fingerprint density at radius 2 is 1.82 bits per heavy atom. The molecule has 0 aromatic heterocycles. The van der Waals surface area contributed by atoms with Crippen molar-refractivity contribution in [2.45, 2.75) is 65.5 Å². The van der Waals surface area contributed by atoms with Crippen LogP contribution in [0.4, 0.5) is 0 Å². The second-order valence-electron chi connectivity index (χ2n) is 5.98. The first-order valence-corrected chi connectivity index (χ1v) is 6.92. The van der Waals surface area contributed by atoms with E-state index in [1.54, 1.807) is 0 Å². The Labute approximate surface area is 105 Å². The predicted octanol–water partition coefficient (Wildman–Crippen LogP) is 3.00. The highest BCUT2D eigenvalue weighted by Crippen LogP contribution is 2.30. The second-order valence-corrected chi connectivity index (χ2v) is 5.98. The van der Waals surface area contributed by atoms with E-state index in [0.29, 0.717) is 12.0 Å². The lowest BCUT2D eigenvalue weighted by Gasteiger charge is -2.41. The van der Waals surface area contributed by atoms with Gasteiger partial charge in [-0.25, -0.2) is 0 Å². The number of carboxylic acids is 1. The van der Waals surface area contributed by atoms with Crippen LogP contribution in [0.15, 0.2) is 0 Å². The Morgan fingerprint density at radius 3 is 2.29 bits per heavy atom. The molecule has 1 rings (SSSR count). The van der Waals surface area contributed by atoms with E-state index in [1.165, 1.54) is 6.42 Å². The summed E-state index contributed by atoms with van der Waals surface area (Å²) in [6, 6.07) is 0.672. The summed E-state index contributed by atoms with van der Waals surface area (Å²) in [5, 5.41) is 9.35. The van der Waals surface area contributed by atoms with Crippen molar-refractivity contribution in [3.8, 4) is 0 Å². The van der Waals surface area contributed by atoms with Gasteiger partial charge in [-0.05, 0) is 32.6 Å². The molecule has 3 nitrogen and oxygen atoms in total. The number of hydrogen-bond acceptors (Lipinski definition) is 2. The van der Waals surface area contributed by atoms with Crippen molar-refractivity contribution >= 4 is 5.97 Å². The highest BCUT2D eigenvalue weighted by molar-refractivity contribution is 5.71. The fourth-order valence-corrected chi connectivity index (χ4v) is 2.95. The Morgan fingerprint density at radius 1 is 1.24 bits per heavy atom. The maximum absolute atomic E-state index is 11.4. The van der Waals surface area contributed by atoms with E-state index < -0.39 is 5.97 Å². The van der Waals surface area contributed by atoms with Crippen LogP contribution in [0.5, 0.6) is 0 Å².